The molecule has 28 heavy (non-hydrogen) atoms. The lowest BCUT2D eigenvalue weighted by atomic mass is 10.2. The SMILES string of the molecule is COc1ccccc1N1CCN(C(=O)c2cnc(N3CCCC3)nc2C)CC1. The maximum atomic E-state index is 13.0. The number of methoxy groups -OCH3 is 1. The van der Waals surface area contributed by atoms with Crippen molar-refractivity contribution in [3.05, 3.63) is 41.7 Å². The number of nitrogens with zero attached hydrogens (tertiary/aromatic N) is 5. The van der Waals surface area contributed by atoms with Gasteiger partial charge in [0, 0.05) is 45.5 Å². The predicted molar refractivity (Wildman–Crippen MR) is 109 cm³/mol. The molecule has 0 atom stereocenters. The third kappa shape index (κ3) is 3.61. The van der Waals surface area contributed by atoms with Crippen molar-refractivity contribution in [2.75, 3.05) is 56.2 Å². The number of benzene rings is 1. The number of amides is 1. The Hall–Kier alpha value is -2.83. The molecule has 0 N–H and O–H groups in total. The van der Waals surface area contributed by atoms with E-state index in [0.717, 1.165) is 49.3 Å². The molecule has 1 aromatic carbocycles. The van der Waals surface area contributed by atoms with Crippen LogP contribution in [0, 0.1) is 6.92 Å². The smallest absolute Gasteiger partial charge is 0.257 e. The van der Waals surface area contributed by atoms with Gasteiger partial charge < -0.3 is 19.4 Å². The van der Waals surface area contributed by atoms with Crippen molar-refractivity contribution in [3.63, 3.8) is 0 Å². The zero-order valence-corrected chi connectivity index (χ0v) is 16.6. The van der Waals surface area contributed by atoms with E-state index in [-0.39, 0.29) is 5.91 Å². The molecule has 0 radical (unpaired) electrons. The molecule has 1 amide bonds. The number of carbonyl (C=O) groups is 1. The Bertz CT molecular complexity index is 842. The number of rotatable bonds is 4. The third-order valence-corrected chi connectivity index (χ3v) is 5.58. The summed E-state index contributed by atoms with van der Waals surface area (Å²) in [5, 5.41) is 0. The summed E-state index contributed by atoms with van der Waals surface area (Å²) < 4.78 is 5.47. The van der Waals surface area contributed by atoms with Crippen molar-refractivity contribution >= 4 is 17.5 Å². The third-order valence-electron chi connectivity index (χ3n) is 5.58. The van der Waals surface area contributed by atoms with Crippen LogP contribution >= 0.6 is 0 Å². The van der Waals surface area contributed by atoms with Crippen LogP contribution in [0.2, 0.25) is 0 Å². The van der Waals surface area contributed by atoms with Gasteiger partial charge in [0.15, 0.2) is 0 Å². The van der Waals surface area contributed by atoms with E-state index < -0.39 is 0 Å². The molecule has 0 saturated carbocycles. The lowest BCUT2D eigenvalue weighted by molar-refractivity contribution is 0.0745. The van der Waals surface area contributed by atoms with E-state index in [1.54, 1.807) is 13.3 Å². The Morgan fingerprint density at radius 1 is 1.00 bits per heavy atom. The average molecular weight is 381 g/mol. The minimum Gasteiger partial charge on any atom is -0.495 e. The second-order valence-corrected chi connectivity index (χ2v) is 7.31. The number of piperazine rings is 1. The van der Waals surface area contributed by atoms with E-state index in [4.69, 9.17) is 4.74 Å². The van der Waals surface area contributed by atoms with Crippen molar-refractivity contribution in [1.29, 1.82) is 0 Å². The van der Waals surface area contributed by atoms with Crippen LogP contribution in [0.15, 0.2) is 30.5 Å². The zero-order valence-electron chi connectivity index (χ0n) is 16.6. The summed E-state index contributed by atoms with van der Waals surface area (Å²) in [6.07, 6.45) is 4.06. The first kappa shape index (κ1) is 18.5. The van der Waals surface area contributed by atoms with Crippen LogP contribution in [0.25, 0.3) is 0 Å². The van der Waals surface area contributed by atoms with Gasteiger partial charge in [0.1, 0.15) is 5.75 Å². The highest BCUT2D eigenvalue weighted by molar-refractivity contribution is 5.95. The summed E-state index contributed by atoms with van der Waals surface area (Å²) in [6, 6.07) is 8.01. The molecule has 0 spiro atoms. The maximum Gasteiger partial charge on any atom is 0.257 e. The van der Waals surface area contributed by atoms with Crippen LogP contribution in [0.3, 0.4) is 0 Å². The van der Waals surface area contributed by atoms with E-state index in [1.807, 2.05) is 30.0 Å². The Balaban J connectivity index is 1.42. The summed E-state index contributed by atoms with van der Waals surface area (Å²) in [6.45, 7) is 6.79. The molecule has 7 heteroatoms. The first-order chi connectivity index (χ1) is 13.7. The number of para-hydroxylation sites is 2. The van der Waals surface area contributed by atoms with Crippen LogP contribution in [0.4, 0.5) is 11.6 Å². The molecule has 3 heterocycles. The van der Waals surface area contributed by atoms with Crippen LogP contribution in [-0.2, 0) is 0 Å². The zero-order chi connectivity index (χ0) is 19.5. The number of anilines is 2. The van der Waals surface area contributed by atoms with Gasteiger partial charge in [0.25, 0.3) is 5.91 Å². The van der Waals surface area contributed by atoms with Gasteiger partial charge in [-0.3, -0.25) is 4.79 Å². The highest BCUT2D eigenvalue weighted by Gasteiger charge is 2.26. The number of hydrogen-bond acceptors (Lipinski definition) is 6. The van der Waals surface area contributed by atoms with Crippen molar-refractivity contribution < 1.29 is 9.53 Å². The highest BCUT2D eigenvalue weighted by Crippen LogP contribution is 2.28. The van der Waals surface area contributed by atoms with E-state index in [1.165, 1.54) is 12.8 Å². The van der Waals surface area contributed by atoms with Gasteiger partial charge in [-0.1, -0.05) is 12.1 Å². The molecule has 2 aliphatic rings. The van der Waals surface area contributed by atoms with Gasteiger partial charge in [-0.25, -0.2) is 9.97 Å². The fourth-order valence-electron chi connectivity index (χ4n) is 3.95. The molecule has 0 aliphatic carbocycles. The summed E-state index contributed by atoms with van der Waals surface area (Å²) in [7, 11) is 1.69. The summed E-state index contributed by atoms with van der Waals surface area (Å²) in [4.78, 5) is 28.4. The predicted octanol–water partition coefficient (Wildman–Crippen LogP) is 2.36. The Morgan fingerprint density at radius 3 is 2.39 bits per heavy atom. The Labute approximate surface area is 165 Å². The Kier molecular flexibility index (Phi) is 5.32. The van der Waals surface area contributed by atoms with E-state index >= 15 is 0 Å². The molecule has 7 nitrogen and oxygen atoms in total. The summed E-state index contributed by atoms with van der Waals surface area (Å²) in [5.74, 6) is 1.63. The first-order valence-corrected chi connectivity index (χ1v) is 9.93. The molecule has 2 fully saturated rings. The monoisotopic (exact) mass is 381 g/mol. The minimum atomic E-state index is 0.0187. The molecule has 1 aromatic heterocycles. The van der Waals surface area contributed by atoms with E-state index in [2.05, 4.69) is 25.8 Å². The average Bonchev–Trinajstić information content (AvgIpc) is 3.28. The molecule has 2 aliphatic heterocycles. The Morgan fingerprint density at radius 2 is 1.71 bits per heavy atom. The number of carbonyl (C=O) groups excluding carboxylic acids is 1. The van der Waals surface area contributed by atoms with Gasteiger partial charge in [-0.15, -0.1) is 0 Å². The largest absolute Gasteiger partial charge is 0.495 e. The summed E-state index contributed by atoms with van der Waals surface area (Å²) in [5.41, 5.74) is 2.44. The molecule has 0 bridgehead atoms. The van der Waals surface area contributed by atoms with Gasteiger partial charge in [-0.05, 0) is 31.9 Å². The van der Waals surface area contributed by atoms with Crippen LogP contribution in [0.1, 0.15) is 28.9 Å². The first-order valence-electron chi connectivity index (χ1n) is 9.93. The highest BCUT2D eigenvalue weighted by atomic mass is 16.5. The molecule has 4 rings (SSSR count). The van der Waals surface area contributed by atoms with Crippen molar-refractivity contribution in [2.24, 2.45) is 0 Å². The quantitative estimate of drug-likeness (QED) is 0.810. The summed E-state index contributed by atoms with van der Waals surface area (Å²) >= 11 is 0. The van der Waals surface area contributed by atoms with E-state index in [0.29, 0.717) is 18.7 Å². The molecule has 2 saturated heterocycles. The number of hydrogen-bond donors (Lipinski definition) is 0. The molecular weight excluding hydrogens is 354 g/mol. The minimum absolute atomic E-state index is 0.0187. The van der Waals surface area contributed by atoms with Gasteiger partial charge in [0.2, 0.25) is 5.95 Å². The number of ether oxygens (including phenoxy) is 1. The van der Waals surface area contributed by atoms with Crippen LogP contribution in [-0.4, -0.2) is 67.2 Å². The van der Waals surface area contributed by atoms with Crippen LogP contribution in [0.5, 0.6) is 5.75 Å². The molecule has 2 aromatic rings. The van der Waals surface area contributed by atoms with Crippen LogP contribution < -0.4 is 14.5 Å². The van der Waals surface area contributed by atoms with Crippen molar-refractivity contribution in [1.82, 2.24) is 14.9 Å². The lowest BCUT2D eigenvalue weighted by Crippen LogP contribution is -2.49. The second kappa shape index (κ2) is 8.04. The standard InChI is InChI=1S/C21H27N5O2/c1-16-17(15-22-21(23-16)26-9-5-6-10-26)20(27)25-13-11-24(12-14-25)18-7-3-4-8-19(18)28-2/h3-4,7-8,15H,5-6,9-14H2,1-2H3. The van der Waals surface area contributed by atoms with Gasteiger partial charge >= 0.3 is 0 Å². The number of aromatic nitrogens is 2. The topological polar surface area (TPSA) is 61.8 Å². The van der Waals surface area contributed by atoms with Crippen molar-refractivity contribution in [3.8, 4) is 5.75 Å². The second-order valence-electron chi connectivity index (χ2n) is 7.31. The normalized spacial score (nSPS) is 17.1. The van der Waals surface area contributed by atoms with Crippen molar-refractivity contribution in [2.45, 2.75) is 19.8 Å². The molecule has 0 unspecified atom stereocenters. The van der Waals surface area contributed by atoms with Gasteiger partial charge in [-0.2, -0.15) is 0 Å². The number of aryl methyl sites for hydroxylation is 1. The fourth-order valence-corrected chi connectivity index (χ4v) is 3.95. The maximum absolute atomic E-state index is 13.0. The van der Waals surface area contributed by atoms with E-state index in [9.17, 15) is 4.79 Å². The molecular formula is C21H27N5O2. The lowest BCUT2D eigenvalue weighted by Gasteiger charge is -2.36. The van der Waals surface area contributed by atoms with Gasteiger partial charge in [0.05, 0.1) is 24.1 Å². The molecule has 148 valence electrons. The fraction of sp³-hybridized carbons (Fsp3) is 0.476.